The topological polar surface area (TPSA) is 49.0 Å². The number of carbonyl (C=O) groups is 1. The normalized spacial score (nSPS) is 18.4. The Balaban J connectivity index is 1.62. The van der Waals surface area contributed by atoms with E-state index in [-0.39, 0.29) is 11.8 Å². The number of rotatable bonds is 4. The van der Waals surface area contributed by atoms with Crippen molar-refractivity contribution in [1.29, 1.82) is 0 Å². The van der Waals surface area contributed by atoms with Gasteiger partial charge in [0.2, 0.25) is 0 Å². The SMILES string of the molecule is O=C(c1ccn[nH]1)N1CCCC(CCc2ccccc2C(F)(F)F)C1. The maximum atomic E-state index is 13.1. The van der Waals surface area contributed by atoms with E-state index in [1.165, 1.54) is 12.3 Å². The van der Waals surface area contributed by atoms with Crippen LogP contribution in [0, 0.1) is 5.92 Å². The standard InChI is InChI=1S/C18H20F3N3O/c19-18(20,21)15-6-2-1-5-14(15)8-7-13-4-3-11-24(12-13)17(25)16-9-10-22-23-16/h1-2,5-6,9-10,13H,3-4,7-8,11-12H2,(H,22,23). The van der Waals surface area contributed by atoms with Crippen molar-refractivity contribution < 1.29 is 18.0 Å². The first-order chi connectivity index (χ1) is 11.9. The molecule has 134 valence electrons. The number of hydrogen-bond donors (Lipinski definition) is 1. The third-order valence-corrected chi connectivity index (χ3v) is 4.68. The van der Waals surface area contributed by atoms with Gasteiger partial charge in [-0.15, -0.1) is 0 Å². The van der Waals surface area contributed by atoms with Crippen LogP contribution in [-0.4, -0.2) is 34.1 Å². The van der Waals surface area contributed by atoms with Gasteiger partial charge in [-0.2, -0.15) is 18.3 Å². The Morgan fingerprint density at radius 3 is 2.80 bits per heavy atom. The van der Waals surface area contributed by atoms with Crippen LogP contribution < -0.4 is 0 Å². The van der Waals surface area contributed by atoms with Gasteiger partial charge in [0, 0.05) is 19.3 Å². The van der Waals surface area contributed by atoms with Crippen molar-refractivity contribution in [3.8, 4) is 0 Å². The number of aryl methyl sites for hydroxylation is 1. The van der Waals surface area contributed by atoms with Crippen LogP contribution in [0.15, 0.2) is 36.5 Å². The van der Waals surface area contributed by atoms with Gasteiger partial charge in [-0.3, -0.25) is 9.89 Å². The van der Waals surface area contributed by atoms with E-state index in [9.17, 15) is 18.0 Å². The van der Waals surface area contributed by atoms with Crippen LogP contribution in [0.1, 0.15) is 40.9 Å². The summed E-state index contributed by atoms with van der Waals surface area (Å²) in [5, 5.41) is 6.45. The van der Waals surface area contributed by atoms with Gasteiger partial charge in [0.1, 0.15) is 5.69 Å². The van der Waals surface area contributed by atoms with E-state index < -0.39 is 11.7 Å². The van der Waals surface area contributed by atoms with Crippen LogP contribution in [-0.2, 0) is 12.6 Å². The van der Waals surface area contributed by atoms with Crippen LogP contribution in [0.2, 0.25) is 0 Å². The van der Waals surface area contributed by atoms with E-state index in [1.807, 2.05) is 0 Å². The Morgan fingerprint density at radius 1 is 1.28 bits per heavy atom. The van der Waals surface area contributed by atoms with Crippen LogP contribution in [0.5, 0.6) is 0 Å². The van der Waals surface area contributed by atoms with E-state index >= 15 is 0 Å². The molecule has 0 bridgehead atoms. The number of aromatic nitrogens is 2. The molecule has 0 aliphatic carbocycles. The van der Waals surface area contributed by atoms with Crippen molar-refractivity contribution in [3.05, 3.63) is 53.3 Å². The molecule has 4 nitrogen and oxygen atoms in total. The largest absolute Gasteiger partial charge is 0.416 e. The second kappa shape index (κ2) is 7.29. The number of aromatic amines is 1. The Kier molecular flexibility index (Phi) is 5.11. The molecule has 2 heterocycles. The quantitative estimate of drug-likeness (QED) is 0.908. The molecule has 2 aromatic rings. The van der Waals surface area contributed by atoms with Gasteiger partial charge in [-0.1, -0.05) is 18.2 Å². The molecule has 1 atom stereocenters. The zero-order chi connectivity index (χ0) is 17.9. The predicted molar refractivity (Wildman–Crippen MR) is 87.0 cm³/mol. The van der Waals surface area contributed by atoms with E-state index in [1.54, 1.807) is 23.1 Å². The molecule has 0 saturated carbocycles. The minimum absolute atomic E-state index is 0.0992. The first kappa shape index (κ1) is 17.5. The number of alkyl halides is 3. The summed E-state index contributed by atoms with van der Waals surface area (Å²) in [6.07, 6.45) is 0.00714. The lowest BCUT2D eigenvalue weighted by atomic mass is 9.90. The fraction of sp³-hybridized carbons (Fsp3) is 0.444. The van der Waals surface area contributed by atoms with Crippen molar-refractivity contribution in [2.75, 3.05) is 13.1 Å². The monoisotopic (exact) mass is 351 g/mol. The summed E-state index contributed by atoms with van der Waals surface area (Å²) in [7, 11) is 0. The summed E-state index contributed by atoms with van der Waals surface area (Å²) in [6.45, 7) is 1.25. The fourth-order valence-corrected chi connectivity index (χ4v) is 3.40. The van der Waals surface area contributed by atoms with Gasteiger partial charge in [0.15, 0.2) is 0 Å². The molecule has 1 aliphatic heterocycles. The van der Waals surface area contributed by atoms with Crippen LogP contribution in [0.3, 0.4) is 0 Å². The Morgan fingerprint density at radius 2 is 2.08 bits per heavy atom. The number of likely N-dealkylation sites (tertiary alicyclic amines) is 1. The zero-order valence-electron chi connectivity index (χ0n) is 13.7. The summed E-state index contributed by atoms with van der Waals surface area (Å²) in [4.78, 5) is 14.1. The number of hydrogen-bond acceptors (Lipinski definition) is 2. The molecule has 1 fully saturated rings. The first-order valence-corrected chi connectivity index (χ1v) is 8.39. The maximum absolute atomic E-state index is 13.1. The molecule has 7 heteroatoms. The smallest absolute Gasteiger partial charge is 0.337 e. The van der Waals surface area contributed by atoms with E-state index in [0.29, 0.717) is 37.2 Å². The van der Waals surface area contributed by atoms with Gasteiger partial charge in [-0.05, 0) is 49.3 Å². The molecule has 1 amide bonds. The molecule has 1 saturated heterocycles. The molecular weight excluding hydrogens is 331 g/mol. The first-order valence-electron chi connectivity index (χ1n) is 8.39. The van der Waals surface area contributed by atoms with E-state index in [0.717, 1.165) is 18.9 Å². The summed E-state index contributed by atoms with van der Waals surface area (Å²) in [5.74, 6) is 0.111. The number of H-pyrrole nitrogens is 1. The Hall–Kier alpha value is -2.31. The molecule has 1 aromatic heterocycles. The van der Waals surface area contributed by atoms with Crippen molar-refractivity contribution in [3.63, 3.8) is 0 Å². The van der Waals surface area contributed by atoms with E-state index in [2.05, 4.69) is 10.2 Å². The summed E-state index contributed by atoms with van der Waals surface area (Å²) < 4.78 is 39.2. The van der Waals surface area contributed by atoms with Gasteiger partial charge in [0.05, 0.1) is 5.56 Å². The summed E-state index contributed by atoms with van der Waals surface area (Å²) >= 11 is 0. The maximum Gasteiger partial charge on any atom is 0.416 e. The minimum atomic E-state index is -4.33. The van der Waals surface area contributed by atoms with Crippen molar-refractivity contribution >= 4 is 5.91 Å². The minimum Gasteiger partial charge on any atom is -0.337 e. The number of nitrogens with one attached hydrogen (secondary N) is 1. The number of benzene rings is 1. The highest BCUT2D eigenvalue weighted by molar-refractivity contribution is 5.92. The van der Waals surface area contributed by atoms with Crippen molar-refractivity contribution in [1.82, 2.24) is 15.1 Å². The highest BCUT2D eigenvalue weighted by Gasteiger charge is 2.33. The van der Waals surface area contributed by atoms with Gasteiger partial charge < -0.3 is 4.90 Å². The molecule has 1 unspecified atom stereocenters. The molecule has 3 rings (SSSR count). The van der Waals surface area contributed by atoms with E-state index in [4.69, 9.17) is 0 Å². The summed E-state index contributed by atoms with van der Waals surface area (Å²) in [6, 6.07) is 7.35. The lowest BCUT2D eigenvalue weighted by molar-refractivity contribution is -0.138. The lowest BCUT2D eigenvalue weighted by Crippen LogP contribution is -2.40. The molecule has 0 spiro atoms. The van der Waals surface area contributed by atoms with Crippen molar-refractivity contribution in [2.24, 2.45) is 5.92 Å². The second-order valence-corrected chi connectivity index (χ2v) is 6.42. The molecule has 25 heavy (non-hydrogen) atoms. The number of nitrogens with zero attached hydrogens (tertiary/aromatic N) is 2. The fourth-order valence-electron chi connectivity index (χ4n) is 3.40. The van der Waals surface area contributed by atoms with Crippen molar-refractivity contribution in [2.45, 2.75) is 31.9 Å². The average molecular weight is 351 g/mol. The lowest BCUT2D eigenvalue weighted by Gasteiger charge is -2.32. The van der Waals surface area contributed by atoms with Crippen LogP contribution >= 0.6 is 0 Å². The molecule has 1 aliphatic rings. The number of amides is 1. The van der Waals surface area contributed by atoms with Gasteiger partial charge in [-0.25, -0.2) is 0 Å². The predicted octanol–water partition coefficient (Wildman–Crippen LogP) is 3.91. The van der Waals surface area contributed by atoms with Gasteiger partial charge >= 0.3 is 6.18 Å². The second-order valence-electron chi connectivity index (χ2n) is 6.42. The number of halogens is 3. The Bertz CT molecular complexity index is 713. The third-order valence-electron chi connectivity index (χ3n) is 4.68. The number of piperidine rings is 1. The molecule has 1 N–H and O–H groups in total. The van der Waals surface area contributed by atoms with Crippen LogP contribution in [0.4, 0.5) is 13.2 Å². The zero-order valence-corrected chi connectivity index (χ0v) is 13.7. The number of carbonyl (C=O) groups excluding carboxylic acids is 1. The molecule has 0 radical (unpaired) electrons. The summed E-state index contributed by atoms with van der Waals surface area (Å²) in [5.41, 5.74) is 0.214. The highest BCUT2D eigenvalue weighted by Crippen LogP contribution is 2.33. The Labute approximate surface area is 144 Å². The van der Waals surface area contributed by atoms with Crippen LogP contribution in [0.25, 0.3) is 0 Å². The molecular formula is C18H20F3N3O. The van der Waals surface area contributed by atoms with Gasteiger partial charge in [0.25, 0.3) is 5.91 Å². The average Bonchev–Trinajstić information content (AvgIpc) is 3.13. The highest BCUT2D eigenvalue weighted by atomic mass is 19.4. The molecule has 1 aromatic carbocycles. The third kappa shape index (κ3) is 4.21.